The lowest BCUT2D eigenvalue weighted by Gasteiger charge is -2.30. The van der Waals surface area contributed by atoms with E-state index in [4.69, 9.17) is 16.0 Å². The third-order valence-electron chi connectivity index (χ3n) is 5.83. The zero-order chi connectivity index (χ0) is 20.4. The Labute approximate surface area is 180 Å². The van der Waals surface area contributed by atoms with E-state index in [-0.39, 0.29) is 11.9 Å². The highest BCUT2D eigenvalue weighted by atomic mass is 35.5. The summed E-state index contributed by atoms with van der Waals surface area (Å²) in [7, 11) is 0. The molecule has 4 rings (SSSR count). The van der Waals surface area contributed by atoms with Gasteiger partial charge in [0.2, 0.25) is 0 Å². The number of nitrogens with one attached hydrogen (secondary N) is 1. The van der Waals surface area contributed by atoms with Gasteiger partial charge in [-0.25, -0.2) is 0 Å². The Bertz CT molecular complexity index is 988. The number of nitrogens with zero attached hydrogens (tertiary/aromatic N) is 1. The number of fused-ring (bicyclic) bond motifs is 1. The first-order valence-electron chi connectivity index (χ1n) is 10.3. The lowest BCUT2D eigenvalue weighted by Crippen LogP contribution is -2.38. The number of hydrogen-bond donors (Lipinski definition) is 1. The molecule has 1 atom stereocenters. The summed E-state index contributed by atoms with van der Waals surface area (Å²) in [6.07, 6.45) is 5.03. The summed E-state index contributed by atoms with van der Waals surface area (Å²) in [5.74, 6) is 0.214. The smallest absolute Gasteiger partial charge is 0.287 e. The van der Waals surface area contributed by atoms with Crippen LogP contribution < -0.4 is 5.32 Å². The van der Waals surface area contributed by atoms with Gasteiger partial charge in [0.05, 0.1) is 6.04 Å². The van der Waals surface area contributed by atoms with Gasteiger partial charge in [-0.2, -0.15) is 0 Å². The first kappa shape index (κ1) is 20.5. The van der Waals surface area contributed by atoms with Crippen LogP contribution in [-0.2, 0) is 0 Å². The average Bonchev–Trinajstić information content (AvgIpc) is 3.24. The van der Waals surface area contributed by atoms with Crippen LogP contribution >= 0.6 is 22.9 Å². The summed E-state index contributed by atoms with van der Waals surface area (Å²) < 4.78 is 5.90. The average molecular weight is 431 g/mol. The SMILES string of the molecule is Cc1cc2oc(C(=O)NC[C@@H](c3cccs3)N3CCCCCC3)c(C)c2cc1Cl. The van der Waals surface area contributed by atoms with Crippen molar-refractivity contribution in [2.24, 2.45) is 0 Å². The monoisotopic (exact) mass is 430 g/mol. The standard InChI is InChI=1S/C23H27ClN2O2S/c1-15-12-20-17(13-18(15)24)16(2)22(28-20)23(27)25-14-19(21-8-7-11-29-21)26-9-5-3-4-6-10-26/h7-8,11-13,19H,3-6,9-10,14H2,1-2H3,(H,25,27)/t19-/m0/s1. The number of thiophene rings is 1. The summed E-state index contributed by atoms with van der Waals surface area (Å²) in [6.45, 7) is 6.60. The van der Waals surface area contributed by atoms with Crippen molar-refractivity contribution in [2.45, 2.75) is 45.6 Å². The third-order valence-corrected chi connectivity index (χ3v) is 7.21. The minimum Gasteiger partial charge on any atom is -0.451 e. The minimum absolute atomic E-state index is 0.163. The van der Waals surface area contributed by atoms with Gasteiger partial charge < -0.3 is 9.73 Å². The molecule has 6 heteroatoms. The maximum atomic E-state index is 13.0. The van der Waals surface area contributed by atoms with Crippen LogP contribution in [0.3, 0.4) is 0 Å². The number of halogens is 1. The van der Waals surface area contributed by atoms with Crippen LogP contribution in [0.25, 0.3) is 11.0 Å². The van der Waals surface area contributed by atoms with Crippen LogP contribution in [0.2, 0.25) is 5.02 Å². The number of carbonyl (C=O) groups excluding carboxylic acids is 1. The van der Waals surface area contributed by atoms with Gasteiger partial charge in [0.1, 0.15) is 5.58 Å². The van der Waals surface area contributed by atoms with E-state index in [2.05, 4.69) is 27.7 Å². The molecule has 0 saturated carbocycles. The minimum atomic E-state index is -0.163. The number of aryl methyl sites for hydroxylation is 2. The second kappa shape index (κ2) is 8.90. The van der Waals surface area contributed by atoms with Crippen molar-refractivity contribution in [3.05, 3.63) is 56.4 Å². The molecule has 1 fully saturated rings. The molecule has 1 aliphatic rings. The fraction of sp³-hybridized carbons (Fsp3) is 0.435. The van der Waals surface area contributed by atoms with Gasteiger partial charge in [0.15, 0.2) is 5.76 Å². The first-order chi connectivity index (χ1) is 14.0. The van der Waals surface area contributed by atoms with E-state index in [0.717, 1.165) is 29.6 Å². The van der Waals surface area contributed by atoms with Crippen LogP contribution in [-0.4, -0.2) is 30.4 Å². The van der Waals surface area contributed by atoms with Crippen LogP contribution in [0, 0.1) is 13.8 Å². The van der Waals surface area contributed by atoms with E-state index >= 15 is 0 Å². The van der Waals surface area contributed by atoms with Gasteiger partial charge in [-0.05, 0) is 68.9 Å². The number of likely N-dealkylation sites (tertiary alicyclic amines) is 1. The number of furan rings is 1. The van der Waals surface area contributed by atoms with E-state index in [9.17, 15) is 4.79 Å². The molecule has 2 aromatic heterocycles. The van der Waals surface area contributed by atoms with Gasteiger partial charge >= 0.3 is 0 Å². The summed E-state index contributed by atoms with van der Waals surface area (Å²) in [5, 5.41) is 6.83. The molecular formula is C23H27ClN2O2S. The van der Waals surface area contributed by atoms with Gasteiger partial charge in [-0.3, -0.25) is 9.69 Å². The molecule has 0 aliphatic carbocycles. The quantitative estimate of drug-likeness (QED) is 0.531. The first-order valence-corrected chi connectivity index (χ1v) is 11.5. The van der Waals surface area contributed by atoms with Gasteiger partial charge in [0, 0.05) is 27.4 Å². The van der Waals surface area contributed by atoms with Crippen molar-refractivity contribution in [1.29, 1.82) is 0 Å². The molecule has 4 nitrogen and oxygen atoms in total. The topological polar surface area (TPSA) is 45.5 Å². The second-order valence-electron chi connectivity index (χ2n) is 7.85. The lowest BCUT2D eigenvalue weighted by atomic mass is 10.1. The molecule has 1 N–H and O–H groups in total. The van der Waals surface area contributed by atoms with Crippen molar-refractivity contribution < 1.29 is 9.21 Å². The fourth-order valence-electron chi connectivity index (χ4n) is 4.12. The maximum Gasteiger partial charge on any atom is 0.287 e. The van der Waals surface area contributed by atoms with E-state index in [1.807, 2.05) is 26.0 Å². The van der Waals surface area contributed by atoms with Crippen molar-refractivity contribution in [1.82, 2.24) is 10.2 Å². The molecule has 29 heavy (non-hydrogen) atoms. The molecule has 1 aliphatic heterocycles. The van der Waals surface area contributed by atoms with Crippen molar-refractivity contribution in [2.75, 3.05) is 19.6 Å². The predicted molar refractivity (Wildman–Crippen MR) is 120 cm³/mol. The molecule has 154 valence electrons. The Morgan fingerprint density at radius 2 is 2.00 bits per heavy atom. The Kier molecular flexibility index (Phi) is 6.28. The largest absolute Gasteiger partial charge is 0.451 e. The highest BCUT2D eigenvalue weighted by Crippen LogP contribution is 2.31. The van der Waals surface area contributed by atoms with Gasteiger partial charge in [-0.15, -0.1) is 11.3 Å². The molecule has 1 saturated heterocycles. The van der Waals surface area contributed by atoms with Crippen LogP contribution in [0.15, 0.2) is 34.1 Å². The maximum absolute atomic E-state index is 13.0. The molecular weight excluding hydrogens is 404 g/mol. The molecule has 0 bridgehead atoms. The fourth-order valence-corrected chi connectivity index (χ4v) is 5.15. The third kappa shape index (κ3) is 4.37. The summed E-state index contributed by atoms with van der Waals surface area (Å²) in [4.78, 5) is 16.8. The highest BCUT2D eigenvalue weighted by Gasteiger charge is 2.25. The number of amides is 1. The molecule has 3 heterocycles. The number of hydrogen-bond acceptors (Lipinski definition) is 4. The van der Waals surface area contributed by atoms with Gasteiger partial charge in [0.25, 0.3) is 5.91 Å². The van der Waals surface area contributed by atoms with Crippen molar-refractivity contribution in [3.8, 4) is 0 Å². The summed E-state index contributed by atoms with van der Waals surface area (Å²) in [5.41, 5.74) is 2.48. The molecule has 0 unspecified atom stereocenters. The van der Waals surface area contributed by atoms with E-state index in [1.54, 1.807) is 11.3 Å². The number of benzene rings is 1. The van der Waals surface area contributed by atoms with E-state index < -0.39 is 0 Å². The summed E-state index contributed by atoms with van der Waals surface area (Å²) in [6, 6.07) is 8.24. The lowest BCUT2D eigenvalue weighted by molar-refractivity contribution is 0.0907. The molecule has 3 aromatic rings. The Morgan fingerprint density at radius 1 is 1.24 bits per heavy atom. The van der Waals surface area contributed by atoms with Crippen LogP contribution in [0.1, 0.15) is 58.3 Å². The predicted octanol–water partition coefficient (Wildman–Crippen LogP) is 6.11. The van der Waals surface area contributed by atoms with Crippen LogP contribution in [0.4, 0.5) is 0 Å². The Hall–Kier alpha value is -1.82. The Balaban J connectivity index is 1.53. The van der Waals surface area contributed by atoms with Gasteiger partial charge in [-0.1, -0.05) is 30.5 Å². The zero-order valence-electron chi connectivity index (χ0n) is 17.0. The normalized spacial score (nSPS) is 16.7. The Morgan fingerprint density at radius 3 is 2.69 bits per heavy atom. The summed E-state index contributed by atoms with van der Waals surface area (Å²) >= 11 is 8.02. The van der Waals surface area contributed by atoms with E-state index in [1.165, 1.54) is 30.6 Å². The zero-order valence-corrected chi connectivity index (χ0v) is 18.5. The number of rotatable bonds is 5. The second-order valence-corrected chi connectivity index (χ2v) is 9.23. The van der Waals surface area contributed by atoms with E-state index in [0.29, 0.717) is 22.9 Å². The van der Waals surface area contributed by atoms with Crippen molar-refractivity contribution in [3.63, 3.8) is 0 Å². The number of carbonyl (C=O) groups is 1. The molecule has 0 spiro atoms. The molecule has 1 aromatic carbocycles. The van der Waals surface area contributed by atoms with Crippen LogP contribution in [0.5, 0.6) is 0 Å². The van der Waals surface area contributed by atoms with Crippen molar-refractivity contribution >= 4 is 39.8 Å². The molecule has 0 radical (unpaired) electrons. The highest BCUT2D eigenvalue weighted by molar-refractivity contribution is 7.10. The molecule has 1 amide bonds.